The molecule has 1 amide bonds. The van der Waals surface area contributed by atoms with E-state index in [1.54, 1.807) is 23.9 Å². The Balaban J connectivity index is 1.51. The van der Waals surface area contributed by atoms with Crippen molar-refractivity contribution in [2.45, 2.75) is 46.1 Å². The number of fused-ring (bicyclic) bond motifs is 2. The molecule has 25 heavy (non-hydrogen) atoms. The summed E-state index contributed by atoms with van der Waals surface area (Å²) in [6, 6.07) is 5.83. The molecule has 3 nitrogen and oxygen atoms in total. The van der Waals surface area contributed by atoms with Gasteiger partial charge in [-0.1, -0.05) is 20.8 Å². The van der Waals surface area contributed by atoms with Crippen molar-refractivity contribution in [1.82, 2.24) is 0 Å². The molecule has 0 heterocycles. The van der Waals surface area contributed by atoms with Crippen LogP contribution in [0.4, 0.5) is 10.1 Å². The Morgan fingerprint density at radius 1 is 1.40 bits per heavy atom. The van der Waals surface area contributed by atoms with Gasteiger partial charge >= 0.3 is 0 Å². The Morgan fingerprint density at radius 3 is 2.64 bits per heavy atom. The van der Waals surface area contributed by atoms with Gasteiger partial charge in [-0.15, -0.1) is 0 Å². The van der Waals surface area contributed by atoms with Gasteiger partial charge in [0.15, 0.2) is 0 Å². The molecule has 2 N–H and O–H groups in total. The number of aliphatic hydroxyl groups excluding tert-OH is 1. The number of thioether (sulfide) groups is 1. The molecule has 2 aliphatic carbocycles. The third kappa shape index (κ3) is 3.33. The van der Waals surface area contributed by atoms with Crippen LogP contribution in [0.15, 0.2) is 24.3 Å². The third-order valence-electron chi connectivity index (χ3n) is 6.68. The van der Waals surface area contributed by atoms with E-state index >= 15 is 0 Å². The Bertz CT molecular complexity index is 633. The lowest BCUT2D eigenvalue weighted by atomic mass is 9.70. The molecule has 3 rings (SSSR count). The maximum absolute atomic E-state index is 12.9. The average Bonchev–Trinajstić information content (AvgIpc) is 2.91. The van der Waals surface area contributed by atoms with Crippen LogP contribution in [-0.2, 0) is 4.79 Å². The molecule has 2 fully saturated rings. The highest BCUT2D eigenvalue weighted by molar-refractivity contribution is 7.99. The van der Waals surface area contributed by atoms with Crippen LogP contribution in [0.3, 0.4) is 0 Å². The van der Waals surface area contributed by atoms with Crippen molar-refractivity contribution in [3.05, 3.63) is 30.1 Å². The van der Waals surface area contributed by atoms with Gasteiger partial charge in [0.05, 0.1) is 6.10 Å². The molecule has 2 bridgehead atoms. The first-order valence-corrected chi connectivity index (χ1v) is 10.2. The second-order valence-corrected chi connectivity index (χ2v) is 9.31. The summed E-state index contributed by atoms with van der Waals surface area (Å²) in [5.41, 5.74) is 0.793. The van der Waals surface area contributed by atoms with Gasteiger partial charge in [-0.25, -0.2) is 4.39 Å². The van der Waals surface area contributed by atoms with Gasteiger partial charge < -0.3 is 10.4 Å². The second kappa shape index (κ2) is 6.92. The summed E-state index contributed by atoms with van der Waals surface area (Å²) in [5.74, 6) is 1.77. The maximum atomic E-state index is 12.9. The minimum atomic E-state index is -0.312. The fourth-order valence-electron chi connectivity index (χ4n) is 4.67. The fourth-order valence-corrected chi connectivity index (χ4v) is 6.37. The molecule has 0 spiro atoms. The summed E-state index contributed by atoms with van der Waals surface area (Å²) in [5, 5.41) is 13.4. The highest BCUT2D eigenvalue weighted by Crippen LogP contribution is 2.66. The zero-order valence-electron chi connectivity index (χ0n) is 15.2. The molecule has 0 radical (unpaired) electrons. The highest BCUT2D eigenvalue weighted by atomic mass is 32.2. The normalized spacial score (nSPS) is 31.1. The van der Waals surface area contributed by atoms with E-state index in [-0.39, 0.29) is 34.6 Å². The first-order valence-electron chi connectivity index (χ1n) is 9.08. The molecule has 0 aromatic heterocycles. The van der Waals surface area contributed by atoms with Crippen molar-refractivity contribution in [3.8, 4) is 0 Å². The third-order valence-corrected chi connectivity index (χ3v) is 8.13. The average molecular weight is 366 g/mol. The van der Waals surface area contributed by atoms with Crippen LogP contribution in [0.5, 0.6) is 0 Å². The monoisotopic (exact) mass is 365 g/mol. The van der Waals surface area contributed by atoms with Crippen LogP contribution < -0.4 is 5.32 Å². The number of carbonyl (C=O) groups is 1. The van der Waals surface area contributed by atoms with Crippen molar-refractivity contribution in [2.24, 2.45) is 22.7 Å². The maximum Gasteiger partial charge on any atom is 0.228 e. The molecule has 2 aliphatic rings. The van der Waals surface area contributed by atoms with E-state index in [9.17, 15) is 14.3 Å². The van der Waals surface area contributed by atoms with Crippen molar-refractivity contribution in [1.29, 1.82) is 0 Å². The first kappa shape index (κ1) is 18.7. The van der Waals surface area contributed by atoms with Crippen molar-refractivity contribution >= 4 is 23.4 Å². The minimum Gasteiger partial charge on any atom is -0.392 e. The number of amides is 1. The van der Waals surface area contributed by atoms with E-state index in [0.717, 1.165) is 24.3 Å². The Morgan fingerprint density at radius 2 is 2.08 bits per heavy atom. The summed E-state index contributed by atoms with van der Waals surface area (Å²) >= 11 is 1.78. The molecule has 138 valence electrons. The van der Waals surface area contributed by atoms with E-state index in [1.807, 2.05) is 6.92 Å². The second-order valence-electron chi connectivity index (χ2n) is 8.28. The predicted molar refractivity (Wildman–Crippen MR) is 101 cm³/mol. The smallest absolute Gasteiger partial charge is 0.228 e. The van der Waals surface area contributed by atoms with Crippen molar-refractivity contribution < 1.29 is 14.3 Å². The van der Waals surface area contributed by atoms with Crippen molar-refractivity contribution in [2.75, 3.05) is 16.8 Å². The molecule has 2 saturated carbocycles. The van der Waals surface area contributed by atoms with Crippen LogP contribution in [0.2, 0.25) is 0 Å². The highest BCUT2D eigenvalue weighted by Gasteiger charge is 2.63. The number of rotatable bonds is 6. The Hall–Kier alpha value is -1.07. The van der Waals surface area contributed by atoms with Gasteiger partial charge in [-0.3, -0.25) is 4.79 Å². The Kier molecular flexibility index (Phi) is 5.18. The summed E-state index contributed by atoms with van der Waals surface area (Å²) in [6.45, 7) is 6.51. The summed E-state index contributed by atoms with van der Waals surface area (Å²) in [7, 11) is 0. The SMILES string of the molecule is C[C@@H](CSC[C@]12CC[C@H](C[C@H]1O)C2(C)C)C(=O)Nc1ccc(F)cc1. The van der Waals surface area contributed by atoms with E-state index in [2.05, 4.69) is 19.2 Å². The van der Waals surface area contributed by atoms with Crippen LogP contribution in [0.1, 0.15) is 40.0 Å². The number of benzene rings is 1. The van der Waals surface area contributed by atoms with E-state index < -0.39 is 0 Å². The minimum absolute atomic E-state index is 0.00448. The molecule has 4 atom stereocenters. The van der Waals surface area contributed by atoms with Gasteiger partial charge in [-0.2, -0.15) is 11.8 Å². The number of carbonyl (C=O) groups excluding carboxylic acids is 1. The lowest BCUT2D eigenvalue weighted by Crippen LogP contribution is -2.41. The van der Waals surface area contributed by atoms with E-state index in [4.69, 9.17) is 0 Å². The fraction of sp³-hybridized carbons (Fsp3) is 0.650. The quantitative estimate of drug-likeness (QED) is 0.789. The molecule has 0 aliphatic heterocycles. The largest absolute Gasteiger partial charge is 0.392 e. The lowest BCUT2D eigenvalue weighted by Gasteiger charge is -2.40. The molecule has 1 aromatic rings. The standard InChI is InChI=1S/C20H28FNO2S/c1-13(18(24)22-16-6-4-15(21)5-7-16)11-25-12-20-9-8-14(10-17(20)23)19(20,2)3/h4-7,13-14,17,23H,8-12H2,1-3H3,(H,22,24)/t13-,14+,17+,20+/m0/s1. The van der Waals surface area contributed by atoms with E-state index in [0.29, 0.717) is 11.6 Å². The predicted octanol–water partition coefficient (Wildman–Crippen LogP) is 4.32. The summed E-state index contributed by atoms with van der Waals surface area (Å²) in [4.78, 5) is 12.3. The van der Waals surface area contributed by atoms with Crippen LogP contribution in [0, 0.1) is 28.5 Å². The topological polar surface area (TPSA) is 49.3 Å². The summed E-state index contributed by atoms with van der Waals surface area (Å²) in [6.07, 6.45) is 3.02. The molecule has 5 heteroatoms. The van der Waals surface area contributed by atoms with Crippen LogP contribution in [-0.4, -0.2) is 28.6 Å². The number of anilines is 1. The number of halogens is 1. The Labute approximate surface area is 153 Å². The number of hydrogen-bond acceptors (Lipinski definition) is 3. The zero-order valence-corrected chi connectivity index (χ0v) is 16.0. The van der Waals surface area contributed by atoms with Gasteiger partial charge in [0.25, 0.3) is 0 Å². The molecule has 1 aromatic carbocycles. The number of nitrogens with one attached hydrogen (secondary N) is 1. The van der Waals surface area contributed by atoms with Gasteiger partial charge in [-0.05, 0) is 54.9 Å². The molecule has 0 unspecified atom stereocenters. The summed E-state index contributed by atoms with van der Waals surface area (Å²) < 4.78 is 12.9. The molecule has 0 saturated heterocycles. The number of aliphatic hydroxyl groups is 1. The van der Waals surface area contributed by atoms with Crippen LogP contribution >= 0.6 is 11.8 Å². The number of hydrogen-bond donors (Lipinski definition) is 2. The molecular weight excluding hydrogens is 337 g/mol. The van der Waals surface area contributed by atoms with E-state index in [1.165, 1.54) is 18.6 Å². The lowest BCUT2D eigenvalue weighted by molar-refractivity contribution is -0.118. The zero-order chi connectivity index (χ0) is 18.2. The van der Waals surface area contributed by atoms with Crippen molar-refractivity contribution in [3.63, 3.8) is 0 Å². The van der Waals surface area contributed by atoms with Gasteiger partial charge in [0.1, 0.15) is 5.82 Å². The van der Waals surface area contributed by atoms with Crippen LogP contribution in [0.25, 0.3) is 0 Å². The van der Waals surface area contributed by atoms with Gasteiger partial charge in [0.2, 0.25) is 5.91 Å². The molecular formula is C20H28FNO2S. The first-order chi connectivity index (χ1) is 11.8. The van der Waals surface area contributed by atoms with Gasteiger partial charge in [0, 0.05) is 28.5 Å².